The molecule has 1 N–H and O–H groups in total. The lowest BCUT2D eigenvalue weighted by atomic mass is 10.0. The number of oxime groups is 1. The molecule has 0 spiro atoms. The van der Waals surface area contributed by atoms with Gasteiger partial charge in [-0.25, -0.2) is 9.97 Å². The van der Waals surface area contributed by atoms with Gasteiger partial charge in [0, 0.05) is 15.8 Å². The minimum absolute atomic E-state index is 0.101. The number of rotatable bonds is 9. The third-order valence-corrected chi connectivity index (χ3v) is 3.96. The van der Waals surface area contributed by atoms with Crippen LogP contribution in [0.5, 0.6) is 11.5 Å². The standard InChI is InChI=1S/C21H19N3O4S/c1-27-16-8-6-14(7-9-16)13-28-17-5-3-4-15(12-17)20(25)19(24-26)18-10-11-22-21(23-18)29-2/h3-12,26H,13H2,1-2H3/i2D3,3D,5D,10D,11D,12D/hD. The van der Waals surface area contributed by atoms with Gasteiger partial charge >= 0.3 is 1.43 Å². The Morgan fingerprint density at radius 2 is 2.17 bits per heavy atom. The van der Waals surface area contributed by atoms with Crippen molar-refractivity contribution in [1.29, 1.82) is 0 Å². The van der Waals surface area contributed by atoms with Crippen molar-refractivity contribution in [3.63, 3.8) is 0 Å². The monoisotopic (exact) mass is 418 g/mol. The molecule has 29 heavy (non-hydrogen) atoms. The van der Waals surface area contributed by atoms with E-state index in [-0.39, 0.29) is 24.1 Å². The average Bonchev–Trinajstić information content (AvgIpc) is 2.86. The molecule has 0 atom stereocenters. The highest BCUT2D eigenvalue weighted by atomic mass is 32.2. The third-order valence-electron chi connectivity index (χ3n) is 3.59. The quantitative estimate of drug-likeness (QED) is 0.141. The molecule has 2 aromatic carbocycles. The van der Waals surface area contributed by atoms with Gasteiger partial charge in [0.1, 0.15) is 23.8 Å². The van der Waals surface area contributed by atoms with Gasteiger partial charge in [-0.15, -0.1) is 0 Å². The smallest absolute Gasteiger partial charge is 0.330 e. The summed E-state index contributed by atoms with van der Waals surface area (Å²) in [7, 11) is 1.51. The Bertz CT molecular complexity index is 1390. The predicted octanol–water partition coefficient (Wildman–Crippen LogP) is 3.85. The minimum Gasteiger partial charge on any atom is -0.497 e. The molecule has 0 fully saturated rings. The number of Topliss-reactive ketones (excluding diaryl/α,β-unsaturated/α-hetero) is 1. The van der Waals surface area contributed by atoms with Crippen LogP contribution < -0.4 is 9.47 Å². The van der Waals surface area contributed by atoms with Gasteiger partial charge in [0.15, 0.2) is 10.9 Å². The molecule has 0 saturated heterocycles. The normalized spacial score (nSPS) is 15.9. The zero-order valence-corrected chi connectivity index (χ0v) is 15.8. The number of benzene rings is 2. The van der Waals surface area contributed by atoms with Crippen molar-refractivity contribution in [2.45, 2.75) is 11.8 Å². The van der Waals surface area contributed by atoms with Crippen LogP contribution in [-0.2, 0) is 6.61 Å². The van der Waals surface area contributed by atoms with Crippen LogP contribution in [0.4, 0.5) is 0 Å². The van der Waals surface area contributed by atoms with Crippen molar-refractivity contribution in [2.24, 2.45) is 5.16 Å². The van der Waals surface area contributed by atoms with E-state index in [0.717, 1.165) is 6.07 Å². The van der Waals surface area contributed by atoms with Crippen molar-refractivity contribution in [1.82, 2.24) is 9.97 Å². The van der Waals surface area contributed by atoms with Gasteiger partial charge < -0.3 is 14.7 Å². The van der Waals surface area contributed by atoms with Gasteiger partial charge in [-0.05, 0) is 42.0 Å². The Balaban J connectivity index is 2.04. The first-order valence-corrected chi connectivity index (χ1v) is 8.84. The molecule has 8 heteroatoms. The maximum atomic E-state index is 13.4. The van der Waals surface area contributed by atoms with E-state index in [1.54, 1.807) is 24.3 Å². The zero-order valence-electron chi connectivity index (χ0n) is 24.0. The topological polar surface area (TPSA) is 93.9 Å². The van der Waals surface area contributed by atoms with Crippen LogP contribution in [0.2, 0.25) is 1.43 Å². The molecule has 3 rings (SSSR count). The largest absolute Gasteiger partial charge is 0.497 e. The summed E-state index contributed by atoms with van der Waals surface area (Å²) in [5.74, 6) is -0.909. The number of hydrogen-bond acceptors (Lipinski definition) is 8. The van der Waals surface area contributed by atoms with Crippen LogP contribution in [0.3, 0.4) is 0 Å². The molecule has 7 nitrogen and oxygen atoms in total. The molecule has 0 bridgehead atoms. The molecule has 0 aliphatic heterocycles. The number of thioether (sulfide) groups is 1. The second kappa shape index (κ2) is 9.70. The number of carbonyl (C=O) groups is 1. The summed E-state index contributed by atoms with van der Waals surface area (Å²) in [6.45, 7) is -0.101. The first-order chi connectivity index (χ1) is 17.9. The second-order valence-electron chi connectivity index (χ2n) is 5.38. The van der Waals surface area contributed by atoms with Gasteiger partial charge in [0.2, 0.25) is 5.78 Å². The van der Waals surface area contributed by atoms with E-state index in [2.05, 4.69) is 20.3 Å². The third kappa shape index (κ3) is 5.11. The van der Waals surface area contributed by atoms with E-state index in [1.165, 1.54) is 7.11 Å². The molecule has 0 amide bonds. The van der Waals surface area contributed by atoms with Gasteiger partial charge in [-0.3, -0.25) is 4.79 Å². The number of hydrogen-bond donors (Lipinski definition) is 1. The number of methoxy groups -OCH3 is 1. The van der Waals surface area contributed by atoms with Crippen LogP contribution >= 0.6 is 11.8 Å². The number of nitrogens with zero attached hydrogens (tertiary/aromatic N) is 3. The number of carbonyl (C=O) groups excluding carboxylic acids is 1. The first kappa shape index (κ1) is 11.6. The zero-order chi connectivity index (χ0) is 28.2. The fourth-order valence-corrected chi connectivity index (χ4v) is 2.42. The second-order valence-corrected chi connectivity index (χ2v) is 5.95. The molecule has 0 aliphatic carbocycles. The van der Waals surface area contributed by atoms with Gasteiger partial charge in [-0.2, -0.15) is 0 Å². The maximum Gasteiger partial charge on any atom is 0.330 e. The molecule has 3 aromatic rings. The maximum absolute atomic E-state index is 13.4. The lowest BCUT2D eigenvalue weighted by Crippen LogP contribution is -2.18. The Kier molecular flexibility index (Phi) is 3.87. The Morgan fingerprint density at radius 3 is 2.93 bits per heavy atom. The van der Waals surface area contributed by atoms with Gasteiger partial charge in [0.25, 0.3) is 0 Å². The summed E-state index contributed by atoms with van der Waals surface area (Å²) >= 11 is 0.198. The molecule has 0 saturated carbocycles. The van der Waals surface area contributed by atoms with Crippen molar-refractivity contribution in [3.8, 4) is 11.5 Å². The number of ketones is 1. The van der Waals surface area contributed by atoms with E-state index in [4.69, 9.17) is 21.9 Å². The van der Waals surface area contributed by atoms with Crippen LogP contribution in [0.15, 0.2) is 71.0 Å². The van der Waals surface area contributed by atoms with E-state index >= 15 is 0 Å². The van der Waals surface area contributed by atoms with Crippen LogP contribution in [0, 0.1) is 0 Å². The van der Waals surface area contributed by atoms with Crippen LogP contribution in [-0.4, -0.2) is 40.0 Å². The van der Waals surface area contributed by atoms with Crippen LogP contribution in [0.25, 0.3) is 0 Å². The van der Waals surface area contributed by atoms with Crippen molar-refractivity contribution in [3.05, 3.63) is 77.5 Å². The fourth-order valence-electron chi connectivity index (χ4n) is 2.19. The van der Waals surface area contributed by atoms with Gasteiger partial charge in [0.05, 0.1) is 14.0 Å². The van der Waals surface area contributed by atoms with E-state index in [1.807, 2.05) is 0 Å². The number of ether oxygens (including phenoxy) is 2. The van der Waals surface area contributed by atoms with Gasteiger partial charge in [-0.1, -0.05) is 41.2 Å². The summed E-state index contributed by atoms with van der Waals surface area (Å²) in [6, 6.07) is 5.45. The van der Waals surface area contributed by atoms with E-state index in [0.29, 0.717) is 11.3 Å². The average molecular weight is 419 g/mol. The molecule has 1 heterocycles. The van der Waals surface area contributed by atoms with Crippen molar-refractivity contribution < 1.29 is 31.9 Å². The Morgan fingerprint density at radius 1 is 1.31 bits per heavy atom. The molecule has 148 valence electrons. The molecular weight excluding hydrogens is 390 g/mol. The first-order valence-electron chi connectivity index (χ1n) is 12.4. The highest BCUT2D eigenvalue weighted by Crippen LogP contribution is 2.19. The molecule has 1 aromatic heterocycles. The lowest BCUT2D eigenvalue weighted by molar-refractivity contribution is 0.106. The lowest BCUT2D eigenvalue weighted by Gasteiger charge is -2.09. The highest BCUT2D eigenvalue weighted by Gasteiger charge is 2.19. The minimum atomic E-state index is -2.60. The predicted molar refractivity (Wildman–Crippen MR) is 110 cm³/mol. The molecule has 0 radical (unpaired) electrons. The van der Waals surface area contributed by atoms with Crippen molar-refractivity contribution in [2.75, 3.05) is 13.3 Å². The Hall–Kier alpha value is -3.39. The highest BCUT2D eigenvalue weighted by molar-refractivity contribution is 7.98. The van der Waals surface area contributed by atoms with E-state index < -0.39 is 64.4 Å². The van der Waals surface area contributed by atoms with Crippen LogP contribution in [0.1, 0.15) is 32.6 Å². The SMILES string of the molecule is [2H]ON=C(C(=O)c1cc([2H])c([2H])c(OCc2ccc(OC)cc2)c1[2H])c1nc(SC([2H])([2H])[2H])nc([2H])c1[2H]. The van der Waals surface area contributed by atoms with Crippen molar-refractivity contribution >= 4 is 23.3 Å². The molecule has 0 unspecified atom stereocenters. The molecular formula is C21H19N3O4S. The molecule has 0 aliphatic rings. The summed E-state index contributed by atoms with van der Waals surface area (Å²) in [5, 5.41) is 6.83. The Labute approximate surface area is 185 Å². The summed E-state index contributed by atoms with van der Waals surface area (Å²) in [6.07, 6.45) is -3.32. The van der Waals surface area contributed by atoms with E-state index in [9.17, 15) is 4.79 Å². The number of aromatic nitrogens is 2. The summed E-state index contributed by atoms with van der Waals surface area (Å²) in [4.78, 5) is 20.9. The summed E-state index contributed by atoms with van der Waals surface area (Å²) in [5.41, 5.74) is -1.25. The summed E-state index contributed by atoms with van der Waals surface area (Å²) < 4.78 is 80.5. The fraction of sp³-hybridized carbons (Fsp3) is 0.143.